The summed E-state index contributed by atoms with van der Waals surface area (Å²) >= 11 is 0. The third kappa shape index (κ3) is 2.12. The van der Waals surface area contributed by atoms with E-state index in [-0.39, 0.29) is 4.90 Å². The van der Waals surface area contributed by atoms with Gasteiger partial charge in [0.05, 0.1) is 24.1 Å². The Kier molecular flexibility index (Phi) is 2.97. The first-order valence-corrected chi connectivity index (χ1v) is 8.55. The zero-order valence-electron chi connectivity index (χ0n) is 12.3. The predicted molar refractivity (Wildman–Crippen MR) is 83.7 cm³/mol. The first-order chi connectivity index (χ1) is 11.0. The lowest BCUT2D eigenvalue weighted by molar-refractivity contribution is -0.0301. The van der Waals surface area contributed by atoms with Crippen LogP contribution < -0.4 is 9.46 Å². The van der Waals surface area contributed by atoms with Crippen molar-refractivity contribution < 1.29 is 18.0 Å². The van der Waals surface area contributed by atoms with Gasteiger partial charge in [-0.1, -0.05) is 23.4 Å². The number of hydrogen-bond acceptors (Lipinski definition) is 5. The summed E-state index contributed by atoms with van der Waals surface area (Å²) in [5.41, 5.74) is 0.996. The molecule has 0 saturated carbocycles. The zero-order chi connectivity index (χ0) is 16.1. The smallest absolute Gasteiger partial charge is 0.244 e. The molecule has 2 aliphatic heterocycles. The number of nitrogens with one attached hydrogen (secondary N) is 1. The van der Waals surface area contributed by atoms with Crippen LogP contribution >= 0.6 is 0 Å². The summed E-state index contributed by atoms with van der Waals surface area (Å²) in [6.07, 6.45) is 0.329. The van der Waals surface area contributed by atoms with Crippen molar-refractivity contribution in [1.82, 2.24) is 4.72 Å². The lowest BCUT2D eigenvalue weighted by Gasteiger charge is -2.20. The molecule has 2 heterocycles. The number of nitrogens with zero attached hydrogens (tertiary/aromatic N) is 1. The van der Waals surface area contributed by atoms with E-state index in [1.807, 2.05) is 24.3 Å². The van der Waals surface area contributed by atoms with Crippen LogP contribution in [0.25, 0.3) is 0 Å². The number of ether oxygens (including phenoxy) is 1. The molecule has 1 atom stereocenters. The average Bonchev–Trinajstić information content (AvgIpc) is 3.08. The highest BCUT2D eigenvalue weighted by molar-refractivity contribution is 7.89. The van der Waals surface area contributed by atoms with Crippen molar-refractivity contribution in [2.75, 3.05) is 7.11 Å². The Balaban J connectivity index is 1.70. The standard InChI is InChI=1S/C16H14N2O4S/c1-21-12-8-6-11(7-9-12)14-10-16(22-17-14)13-4-2-3-5-15(13)23(19,20)18-16/h2-9,18H,10H2,1H3. The molecule has 4 rings (SSSR count). The Bertz CT molecular complexity index is 906. The normalized spacial score (nSPS) is 24.1. The molecule has 0 bridgehead atoms. The second kappa shape index (κ2) is 4.81. The fourth-order valence-corrected chi connectivity index (χ4v) is 4.48. The molecule has 6 nitrogen and oxygen atoms in total. The Labute approximate surface area is 133 Å². The molecular formula is C16H14N2O4S. The first kappa shape index (κ1) is 14.2. The monoisotopic (exact) mass is 330 g/mol. The van der Waals surface area contributed by atoms with Gasteiger partial charge in [0.2, 0.25) is 15.7 Å². The van der Waals surface area contributed by atoms with Gasteiger partial charge >= 0.3 is 0 Å². The van der Waals surface area contributed by atoms with Crippen LogP contribution in [0.3, 0.4) is 0 Å². The number of oxime groups is 1. The third-order valence-electron chi connectivity index (χ3n) is 4.06. The van der Waals surface area contributed by atoms with Crippen molar-refractivity contribution in [2.45, 2.75) is 17.0 Å². The molecule has 1 N–H and O–H groups in total. The SMILES string of the molecule is COc1ccc(C2=NOC3(C2)NS(=O)(=O)c2ccccc23)cc1. The maximum Gasteiger partial charge on any atom is 0.244 e. The maximum atomic E-state index is 12.3. The highest BCUT2D eigenvalue weighted by Gasteiger charge is 2.52. The molecule has 2 aromatic rings. The van der Waals surface area contributed by atoms with Crippen molar-refractivity contribution in [3.63, 3.8) is 0 Å². The highest BCUT2D eigenvalue weighted by Crippen LogP contribution is 2.43. The quantitative estimate of drug-likeness (QED) is 0.913. The van der Waals surface area contributed by atoms with Gasteiger partial charge in [-0.05, 0) is 35.9 Å². The van der Waals surface area contributed by atoms with E-state index in [1.54, 1.807) is 31.4 Å². The van der Waals surface area contributed by atoms with E-state index >= 15 is 0 Å². The minimum absolute atomic E-state index is 0.242. The number of fused-ring (bicyclic) bond motifs is 2. The van der Waals surface area contributed by atoms with Crippen molar-refractivity contribution in [2.24, 2.45) is 5.16 Å². The van der Waals surface area contributed by atoms with Crippen LogP contribution in [0, 0.1) is 0 Å². The Morgan fingerprint density at radius 1 is 1.17 bits per heavy atom. The van der Waals surface area contributed by atoms with E-state index in [0.29, 0.717) is 17.7 Å². The second-order valence-corrected chi connectivity index (χ2v) is 7.11. The summed E-state index contributed by atoms with van der Waals surface area (Å²) in [6, 6.07) is 14.2. The van der Waals surface area contributed by atoms with Crippen LogP contribution in [0.5, 0.6) is 5.75 Å². The molecule has 1 spiro atoms. The predicted octanol–water partition coefficient (Wildman–Crippen LogP) is 1.96. The van der Waals surface area contributed by atoms with Crippen molar-refractivity contribution in [1.29, 1.82) is 0 Å². The molecule has 1 unspecified atom stereocenters. The molecule has 7 heteroatoms. The van der Waals surface area contributed by atoms with Gasteiger partial charge < -0.3 is 9.57 Å². The van der Waals surface area contributed by atoms with E-state index in [9.17, 15) is 8.42 Å². The summed E-state index contributed by atoms with van der Waals surface area (Å²) in [7, 11) is -1.98. The summed E-state index contributed by atoms with van der Waals surface area (Å²) < 4.78 is 32.3. The van der Waals surface area contributed by atoms with Crippen molar-refractivity contribution >= 4 is 15.7 Å². The van der Waals surface area contributed by atoms with Crippen LogP contribution in [0.2, 0.25) is 0 Å². The molecule has 0 amide bonds. The van der Waals surface area contributed by atoms with Crippen molar-refractivity contribution in [3.05, 3.63) is 59.7 Å². The summed E-state index contributed by atoms with van der Waals surface area (Å²) in [5, 5.41) is 4.11. The fraction of sp³-hybridized carbons (Fsp3) is 0.188. The van der Waals surface area contributed by atoms with Gasteiger partial charge in [-0.25, -0.2) is 8.42 Å². The third-order valence-corrected chi connectivity index (χ3v) is 5.60. The van der Waals surface area contributed by atoms with E-state index in [2.05, 4.69) is 9.88 Å². The van der Waals surface area contributed by atoms with Crippen LogP contribution in [-0.2, 0) is 20.6 Å². The van der Waals surface area contributed by atoms with E-state index in [4.69, 9.17) is 9.57 Å². The largest absolute Gasteiger partial charge is 0.497 e. The number of methoxy groups -OCH3 is 1. The van der Waals surface area contributed by atoms with Crippen molar-refractivity contribution in [3.8, 4) is 5.75 Å². The zero-order valence-corrected chi connectivity index (χ0v) is 13.1. The van der Waals surface area contributed by atoms with E-state index in [1.165, 1.54) is 0 Å². The van der Waals surface area contributed by atoms with Gasteiger partial charge in [0, 0.05) is 5.56 Å². The number of benzene rings is 2. The molecule has 118 valence electrons. The van der Waals surface area contributed by atoms with Gasteiger partial charge in [-0.15, -0.1) is 0 Å². The maximum absolute atomic E-state index is 12.3. The lowest BCUT2D eigenvalue weighted by atomic mass is 9.95. The molecule has 0 radical (unpaired) electrons. The topological polar surface area (TPSA) is 77.0 Å². The molecule has 0 saturated heterocycles. The number of rotatable bonds is 2. The molecule has 23 heavy (non-hydrogen) atoms. The second-order valence-electron chi connectivity index (χ2n) is 5.46. The average molecular weight is 330 g/mol. The summed E-state index contributed by atoms with van der Waals surface area (Å²) in [4.78, 5) is 5.80. The van der Waals surface area contributed by atoms with Crippen LogP contribution in [0.1, 0.15) is 17.5 Å². The molecule has 2 aromatic carbocycles. The van der Waals surface area contributed by atoms with Crippen LogP contribution in [0.4, 0.5) is 0 Å². The molecular weight excluding hydrogens is 316 g/mol. The van der Waals surface area contributed by atoms with Gasteiger partial charge in [0.25, 0.3) is 0 Å². The van der Waals surface area contributed by atoms with Gasteiger partial charge in [0.15, 0.2) is 0 Å². The Morgan fingerprint density at radius 3 is 2.65 bits per heavy atom. The molecule has 0 aliphatic carbocycles. The van der Waals surface area contributed by atoms with E-state index in [0.717, 1.165) is 11.3 Å². The van der Waals surface area contributed by atoms with E-state index < -0.39 is 15.7 Å². The van der Waals surface area contributed by atoms with Gasteiger partial charge in [0.1, 0.15) is 5.75 Å². The fourth-order valence-electron chi connectivity index (χ4n) is 2.93. The van der Waals surface area contributed by atoms with Crippen LogP contribution in [-0.4, -0.2) is 21.2 Å². The minimum atomic E-state index is -3.58. The summed E-state index contributed by atoms with van der Waals surface area (Å²) in [5.74, 6) is 0.745. The first-order valence-electron chi connectivity index (χ1n) is 7.07. The number of sulfonamides is 1. The summed E-state index contributed by atoms with van der Waals surface area (Å²) in [6.45, 7) is 0. The Hall–Kier alpha value is -2.38. The lowest BCUT2D eigenvalue weighted by Crippen LogP contribution is -2.39. The molecule has 0 fully saturated rings. The van der Waals surface area contributed by atoms with Crippen LogP contribution in [0.15, 0.2) is 58.6 Å². The van der Waals surface area contributed by atoms with Gasteiger partial charge in [-0.3, -0.25) is 0 Å². The highest BCUT2D eigenvalue weighted by atomic mass is 32.2. The molecule has 2 aliphatic rings. The minimum Gasteiger partial charge on any atom is -0.497 e. The Morgan fingerprint density at radius 2 is 1.91 bits per heavy atom. The molecule has 0 aromatic heterocycles. The number of hydrogen-bond donors (Lipinski definition) is 1. The van der Waals surface area contributed by atoms with Gasteiger partial charge in [-0.2, -0.15) is 4.72 Å².